The lowest BCUT2D eigenvalue weighted by Crippen LogP contribution is -2.49. The Morgan fingerprint density at radius 1 is 1.09 bits per heavy atom. The highest BCUT2D eigenvalue weighted by Crippen LogP contribution is 2.28. The molecule has 2 amide bonds. The molecule has 1 N–H and O–H groups in total. The molecule has 0 saturated carbocycles. The van der Waals surface area contributed by atoms with Crippen LogP contribution in [0.15, 0.2) is 46.8 Å². The van der Waals surface area contributed by atoms with Gasteiger partial charge in [0.25, 0.3) is 0 Å². The lowest BCUT2D eigenvalue weighted by molar-refractivity contribution is -0.130. The number of methoxy groups -OCH3 is 1. The summed E-state index contributed by atoms with van der Waals surface area (Å²) >= 11 is 2.86. The Kier molecular flexibility index (Phi) is 8.14. The molecular weight excluding hydrogens is 458 g/mol. The first kappa shape index (κ1) is 23.5. The van der Waals surface area contributed by atoms with Crippen LogP contribution in [-0.2, 0) is 20.7 Å². The normalized spacial score (nSPS) is 14.0. The van der Waals surface area contributed by atoms with Crippen molar-refractivity contribution in [3.8, 4) is 0 Å². The number of aromatic nitrogens is 2. The molecule has 3 aromatic rings. The molecule has 2 heterocycles. The van der Waals surface area contributed by atoms with Crippen molar-refractivity contribution in [3.05, 3.63) is 48.0 Å². The van der Waals surface area contributed by atoms with Crippen LogP contribution in [0.3, 0.4) is 0 Å². The lowest BCUT2D eigenvalue weighted by Gasteiger charge is -2.34. The van der Waals surface area contributed by atoms with Gasteiger partial charge in [0, 0.05) is 39.8 Å². The van der Waals surface area contributed by atoms with Crippen LogP contribution in [0.4, 0.5) is 5.13 Å². The predicted molar refractivity (Wildman–Crippen MR) is 132 cm³/mol. The van der Waals surface area contributed by atoms with E-state index >= 15 is 0 Å². The van der Waals surface area contributed by atoms with Crippen molar-refractivity contribution in [1.82, 2.24) is 20.4 Å². The van der Waals surface area contributed by atoms with E-state index in [1.54, 1.807) is 7.11 Å². The topological polar surface area (TPSA) is 87.7 Å². The highest BCUT2D eigenvalue weighted by atomic mass is 32.2. The average molecular weight is 486 g/mol. The minimum Gasteiger partial charge on any atom is -0.383 e. The van der Waals surface area contributed by atoms with E-state index in [1.807, 2.05) is 29.2 Å². The van der Waals surface area contributed by atoms with E-state index < -0.39 is 0 Å². The fourth-order valence-electron chi connectivity index (χ4n) is 3.73. The molecule has 1 fully saturated rings. The van der Waals surface area contributed by atoms with Gasteiger partial charge in [-0.25, -0.2) is 0 Å². The number of rotatable bonds is 9. The number of nitrogens with one attached hydrogen (secondary N) is 1. The zero-order valence-corrected chi connectivity index (χ0v) is 20.2. The number of hydrogen-bond acceptors (Lipinski definition) is 8. The molecule has 1 aromatic heterocycles. The first-order valence-corrected chi connectivity index (χ1v) is 12.7. The Bertz CT molecular complexity index is 1090. The second-order valence-electron chi connectivity index (χ2n) is 7.66. The fourth-order valence-corrected chi connectivity index (χ4v) is 5.45. The van der Waals surface area contributed by atoms with Crippen LogP contribution in [0.1, 0.15) is 5.56 Å². The van der Waals surface area contributed by atoms with Gasteiger partial charge in [0.1, 0.15) is 0 Å². The summed E-state index contributed by atoms with van der Waals surface area (Å²) in [5, 5.41) is 14.4. The molecule has 1 saturated heterocycles. The standard InChI is InChI=1S/C23H27N5O3S2/c1-31-14-9-24-20(29)16-32-23-26-25-22(33-23)28-12-10-27(11-13-28)21(30)15-18-7-4-6-17-5-2-3-8-19(17)18/h2-8H,9-16H2,1H3,(H,24,29). The predicted octanol–water partition coefficient (Wildman–Crippen LogP) is 2.44. The maximum absolute atomic E-state index is 12.9. The Balaban J connectivity index is 1.26. The van der Waals surface area contributed by atoms with E-state index in [2.05, 4.69) is 38.6 Å². The molecule has 0 spiro atoms. The van der Waals surface area contributed by atoms with Gasteiger partial charge in [-0.3, -0.25) is 9.59 Å². The summed E-state index contributed by atoms with van der Waals surface area (Å²) in [6.07, 6.45) is 0.410. The van der Waals surface area contributed by atoms with Crippen LogP contribution in [0.5, 0.6) is 0 Å². The van der Waals surface area contributed by atoms with Crippen LogP contribution in [0.25, 0.3) is 10.8 Å². The molecule has 0 atom stereocenters. The third kappa shape index (κ3) is 6.21. The fraction of sp³-hybridized carbons (Fsp3) is 0.391. The Morgan fingerprint density at radius 2 is 1.88 bits per heavy atom. The van der Waals surface area contributed by atoms with Crippen molar-refractivity contribution in [3.63, 3.8) is 0 Å². The molecule has 33 heavy (non-hydrogen) atoms. The van der Waals surface area contributed by atoms with E-state index in [-0.39, 0.29) is 11.8 Å². The number of thioether (sulfide) groups is 1. The highest BCUT2D eigenvalue weighted by molar-refractivity contribution is 8.01. The highest BCUT2D eigenvalue weighted by Gasteiger charge is 2.24. The number of piperazine rings is 1. The number of nitrogens with zero attached hydrogens (tertiary/aromatic N) is 4. The summed E-state index contributed by atoms with van der Waals surface area (Å²) in [6, 6.07) is 14.3. The first-order chi connectivity index (χ1) is 16.1. The van der Waals surface area contributed by atoms with Gasteiger partial charge in [-0.05, 0) is 16.3 Å². The minimum atomic E-state index is -0.0490. The number of hydrogen-bond donors (Lipinski definition) is 1. The van der Waals surface area contributed by atoms with Gasteiger partial charge in [-0.1, -0.05) is 65.6 Å². The second kappa shape index (κ2) is 11.4. The maximum Gasteiger partial charge on any atom is 0.230 e. The van der Waals surface area contributed by atoms with E-state index in [1.165, 1.54) is 23.1 Å². The summed E-state index contributed by atoms with van der Waals surface area (Å²) in [7, 11) is 1.60. The molecule has 0 radical (unpaired) electrons. The van der Waals surface area contributed by atoms with E-state index in [4.69, 9.17) is 4.74 Å². The molecule has 174 valence electrons. The van der Waals surface area contributed by atoms with Crippen LogP contribution in [0, 0.1) is 0 Å². The molecule has 4 rings (SSSR count). The molecule has 0 unspecified atom stereocenters. The lowest BCUT2D eigenvalue weighted by atomic mass is 10.0. The van der Waals surface area contributed by atoms with Gasteiger partial charge in [0.2, 0.25) is 16.9 Å². The van der Waals surface area contributed by atoms with Gasteiger partial charge < -0.3 is 19.9 Å². The largest absolute Gasteiger partial charge is 0.383 e. The average Bonchev–Trinajstić information content (AvgIpc) is 3.32. The van der Waals surface area contributed by atoms with Crippen molar-refractivity contribution >= 4 is 50.8 Å². The zero-order valence-electron chi connectivity index (χ0n) is 18.5. The number of carbonyl (C=O) groups excluding carboxylic acids is 2. The third-order valence-electron chi connectivity index (χ3n) is 5.48. The molecule has 1 aliphatic heterocycles. The molecule has 0 bridgehead atoms. The summed E-state index contributed by atoms with van der Waals surface area (Å²) in [4.78, 5) is 28.8. The van der Waals surface area contributed by atoms with Gasteiger partial charge in [-0.2, -0.15) is 0 Å². The number of anilines is 1. The monoisotopic (exact) mass is 485 g/mol. The molecule has 2 aromatic carbocycles. The number of carbonyl (C=O) groups is 2. The summed E-state index contributed by atoms with van der Waals surface area (Å²) in [5.41, 5.74) is 1.07. The summed E-state index contributed by atoms with van der Waals surface area (Å²) in [6.45, 7) is 3.76. The Morgan fingerprint density at radius 3 is 2.70 bits per heavy atom. The van der Waals surface area contributed by atoms with Crippen molar-refractivity contribution < 1.29 is 14.3 Å². The Labute approximate surface area is 201 Å². The molecular formula is C23H27N5O3S2. The molecule has 10 heteroatoms. The van der Waals surface area contributed by atoms with Crippen molar-refractivity contribution in [1.29, 1.82) is 0 Å². The third-order valence-corrected chi connectivity index (χ3v) is 7.59. The number of fused-ring (bicyclic) bond motifs is 1. The van der Waals surface area contributed by atoms with Crippen LogP contribution in [-0.4, -0.2) is 79.1 Å². The van der Waals surface area contributed by atoms with E-state index in [9.17, 15) is 9.59 Å². The van der Waals surface area contributed by atoms with Crippen LogP contribution < -0.4 is 10.2 Å². The quantitative estimate of drug-likeness (QED) is 0.368. The maximum atomic E-state index is 12.9. The molecule has 1 aliphatic rings. The molecule has 8 nitrogen and oxygen atoms in total. The van der Waals surface area contributed by atoms with Crippen molar-refractivity contribution in [2.75, 3.05) is 57.1 Å². The van der Waals surface area contributed by atoms with Gasteiger partial charge in [-0.15, -0.1) is 10.2 Å². The van der Waals surface area contributed by atoms with Gasteiger partial charge >= 0.3 is 0 Å². The second-order valence-corrected chi connectivity index (χ2v) is 9.84. The van der Waals surface area contributed by atoms with E-state index in [0.29, 0.717) is 38.4 Å². The van der Waals surface area contributed by atoms with Crippen LogP contribution >= 0.6 is 23.1 Å². The molecule has 0 aliphatic carbocycles. The van der Waals surface area contributed by atoms with E-state index in [0.717, 1.165) is 38.9 Å². The van der Waals surface area contributed by atoms with Gasteiger partial charge in [0.05, 0.1) is 18.8 Å². The first-order valence-electron chi connectivity index (χ1n) is 10.9. The number of benzene rings is 2. The smallest absolute Gasteiger partial charge is 0.230 e. The van der Waals surface area contributed by atoms with Gasteiger partial charge in [0.15, 0.2) is 4.34 Å². The summed E-state index contributed by atoms with van der Waals surface area (Å²) in [5.74, 6) is 0.403. The van der Waals surface area contributed by atoms with Crippen LogP contribution in [0.2, 0.25) is 0 Å². The van der Waals surface area contributed by atoms with Crippen molar-refractivity contribution in [2.24, 2.45) is 0 Å². The number of ether oxygens (including phenoxy) is 1. The Hall–Kier alpha value is -2.69. The number of amides is 2. The SMILES string of the molecule is COCCNC(=O)CSc1nnc(N2CCN(C(=O)Cc3cccc4ccccc34)CC2)s1. The summed E-state index contributed by atoms with van der Waals surface area (Å²) < 4.78 is 5.69. The zero-order chi connectivity index (χ0) is 23.0. The minimum absolute atomic E-state index is 0.0490. The van der Waals surface area contributed by atoms with Crippen molar-refractivity contribution in [2.45, 2.75) is 10.8 Å².